The first kappa shape index (κ1) is 6.93. The number of nitrogens with one attached hydrogen (secondary N) is 1. The highest BCUT2D eigenvalue weighted by Crippen LogP contribution is 2.28. The van der Waals surface area contributed by atoms with Gasteiger partial charge >= 0.3 is 0 Å². The van der Waals surface area contributed by atoms with Gasteiger partial charge in [0.1, 0.15) is 0 Å². The van der Waals surface area contributed by atoms with Gasteiger partial charge in [0.25, 0.3) is 0 Å². The zero-order valence-corrected chi connectivity index (χ0v) is 6.32. The minimum Gasteiger partial charge on any atom is -0.345 e. The first-order valence-electron chi connectivity index (χ1n) is 3.18. The topological polar surface area (TPSA) is 29.1 Å². The van der Waals surface area contributed by atoms with Gasteiger partial charge in [-0.1, -0.05) is 0 Å². The predicted octanol–water partition coefficient (Wildman–Crippen LogP) is 0.788. The Kier molecular flexibility index (Phi) is 2.01. The van der Waals surface area contributed by atoms with Gasteiger partial charge in [0.05, 0.1) is 5.37 Å². The van der Waals surface area contributed by atoms with Crippen LogP contribution in [0.5, 0.6) is 0 Å². The van der Waals surface area contributed by atoms with Gasteiger partial charge in [-0.2, -0.15) is 12.6 Å². The molecule has 3 heteroatoms. The fourth-order valence-electron chi connectivity index (χ4n) is 0.669. The number of carbonyl (C=O) groups is 1. The highest BCUT2D eigenvalue weighted by atomic mass is 32.1. The van der Waals surface area contributed by atoms with Crippen LogP contribution in [0.25, 0.3) is 0 Å². The Labute approximate surface area is 60.4 Å². The number of hydrogen-bond donors (Lipinski definition) is 2. The van der Waals surface area contributed by atoms with Crippen molar-refractivity contribution in [3.05, 3.63) is 0 Å². The molecule has 0 aliphatic heterocycles. The Hall–Kier alpha value is -0.180. The van der Waals surface area contributed by atoms with E-state index in [1.165, 1.54) is 0 Å². The SMILES string of the molecule is C[C@H](S)NC(=O)C1CC1. The van der Waals surface area contributed by atoms with Gasteiger partial charge in [0.2, 0.25) is 5.91 Å². The van der Waals surface area contributed by atoms with E-state index in [2.05, 4.69) is 17.9 Å². The molecule has 0 aromatic carbocycles. The summed E-state index contributed by atoms with van der Waals surface area (Å²) in [7, 11) is 0. The standard InChI is InChI=1S/C6H11NOS/c1-4(9)7-6(8)5-2-3-5/h4-5,9H,2-3H2,1H3,(H,7,8)/t4-/m0/s1. The van der Waals surface area contributed by atoms with Gasteiger partial charge in [-0.15, -0.1) is 0 Å². The molecule has 0 heterocycles. The maximum absolute atomic E-state index is 10.9. The summed E-state index contributed by atoms with van der Waals surface area (Å²) in [6.45, 7) is 1.85. The molecule has 1 N–H and O–H groups in total. The molecule has 0 bridgehead atoms. The van der Waals surface area contributed by atoms with Crippen LogP contribution in [0.4, 0.5) is 0 Å². The minimum atomic E-state index is -0.00176. The smallest absolute Gasteiger partial charge is 0.223 e. The summed E-state index contributed by atoms with van der Waals surface area (Å²) >= 11 is 4.03. The minimum absolute atomic E-state index is 0.00176. The predicted molar refractivity (Wildman–Crippen MR) is 39.3 cm³/mol. The fraction of sp³-hybridized carbons (Fsp3) is 0.833. The fourth-order valence-corrected chi connectivity index (χ4v) is 0.796. The lowest BCUT2D eigenvalue weighted by Gasteiger charge is -2.04. The van der Waals surface area contributed by atoms with E-state index < -0.39 is 0 Å². The third-order valence-electron chi connectivity index (χ3n) is 1.30. The average Bonchev–Trinajstić information content (AvgIpc) is 2.40. The molecule has 1 rings (SSSR count). The number of amides is 1. The van der Waals surface area contributed by atoms with Crippen LogP contribution < -0.4 is 5.32 Å². The van der Waals surface area contributed by atoms with Crippen LogP contribution in [-0.2, 0) is 4.79 Å². The van der Waals surface area contributed by atoms with Crippen LogP contribution in [-0.4, -0.2) is 11.3 Å². The van der Waals surface area contributed by atoms with Gasteiger partial charge in [-0.05, 0) is 19.8 Å². The Morgan fingerprint density at radius 1 is 1.78 bits per heavy atom. The lowest BCUT2D eigenvalue weighted by Crippen LogP contribution is -2.29. The van der Waals surface area contributed by atoms with Crippen molar-refractivity contribution in [2.24, 2.45) is 5.92 Å². The van der Waals surface area contributed by atoms with E-state index in [0.29, 0.717) is 5.92 Å². The third kappa shape index (κ3) is 2.26. The van der Waals surface area contributed by atoms with Crippen LogP contribution in [0.1, 0.15) is 19.8 Å². The van der Waals surface area contributed by atoms with Gasteiger partial charge in [-0.3, -0.25) is 4.79 Å². The molecule has 0 unspecified atom stereocenters. The molecule has 1 fully saturated rings. The molecule has 0 aromatic rings. The van der Waals surface area contributed by atoms with Crippen molar-refractivity contribution < 1.29 is 4.79 Å². The molecule has 0 spiro atoms. The van der Waals surface area contributed by atoms with Crippen LogP contribution in [0.3, 0.4) is 0 Å². The van der Waals surface area contributed by atoms with Gasteiger partial charge in [0, 0.05) is 5.92 Å². The highest BCUT2D eigenvalue weighted by Gasteiger charge is 2.29. The summed E-state index contributed by atoms with van der Waals surface area (Å²) in [5.74, 6) is 0.470. The van der Waals surface area contributed by atoms with Crippen molar-refractivity contribution in [1.82, 2.24) is 5.32 Å². The van der Waals surface area contributed by atoms with Crippen LogP contribution in [0.15, 0.2) is 0 Å². The van der Waals surface area contributed by atoms with Crippen molar-refractivity contribution in [3.63, 3.8) is 0 Å². The summed E-state index contributed by atoms with van der Waals surface area (Å²) in [6, 6.07) is 0. The molecule has 0 saturated heterocycles. The summed E-state index contributed by atoms with van der Waals surface area (Å²) in [5.41, 5.74) is 0. The first-order valence-corrected chi connectivity index (χ1v) is 3.70. The summed E-state index contributed by atoms with van der Waals surface area (Å²) in [4.78, 5) is 10.9. The van der Waals surface area contributed by atoms with Crippen molar-refractivity contribution >= 4 is 18.5 Å². The monoisotopic (exact) mass is 145 g/mol. The molecular weight excluding hydrogens is 134 g/mol. The number of hydrogen-bond acceptors (Lipinski definition) is 2. The van der Waals surface area contributed by atoms with Crippen molar-refractivity contribution in [2.75, 3.05) is 0 Å². The lowest BCUT2D eigenvalue weighted by atomic mass is 10.4. The molecule has 9 heavy (non-hydrogen) atoms. The van der Waals surface area contributed by atoms with E-state index >= 15 is 0 Å². The zero-order valence-electron chi connectivity index (χ0n) is 5.42. The molecule has 1 atom stereocenters. The van der Waals surface area contributed by atoms with E-state index in [9.17, 15) is 4.79 Å². The van der Waals surface area contributed by atoms with E-state index in [0.717, 1.165) is 12.8 Å². The molecule has 1 aliphatic carbocycles. The molecule has 1 saturated carbocycles. The molecule has 1 aliphatic rings. The average molecular weight is 145 g/mol. The largest absolute Gasteiger partial charge is 0.345 e. The molecule has 52 valence electrons. The van der Waals surface area contributed by atoms with Gasteiger partial charge in [0.15, 0.2) is 0 Å². The molecule has 1 amide bonds. The second kappa shape index (κ2) is 2.60. The number of carbonyl (C=O) groups excluding carboxylic acids is 1. The van der Waals surface area contributed by atoms with Gasteiger partial charge < -0.3 is 5.32 Å². The first-order chi connectivity index (χ1) is 4.20. The number of thiol groups is 1. The summed E-state index contributed by atoms with van der Waals surface area (Å²) in [6.07, 6.45) is 2.12. The Morgan fingerprint density at radius 2 is 2.33 bits per heavy atom. The van der Waals surface area contributed by atoms with Crippen LogP contribution >= 0.6 is 12.6 Å². The Bertz CT molecular complexity index is 120. The molecule has 0 aromatic heterocycles. The molecular formula is C6H11NOS. The van der Waals surface area contributed by atoms with E-state index in [1.54, 1.807) is 0 Å². The molecule has 2 nitrogen and oxygen atoms in total. The highest BCUT2D eigenvalue weighted by molar-refractivity contribution is 7.80. The maximum atomic E-state index is 10.9. The van der Waals surface area contributed by atoms with E-state index in [1.807, 2.05) is 6.92 Å². The number of rotatable bonds is 2. The van der Waals surface area contributed by atoms with Crippen molar-refractivity contribution in [3.8, 4) is 0 Å². The quantitative estimate of drug-likeness (QED) is 0.436. The van der Waals surface area contributed by atoms with Crippen LogP contribution in [0, 0.1) is 5.92 Å². The maximum Gasteiger partial charge on any atom is 0.223 e. The van der Waals surface area contributed by atoms with Crippen molar-refractivity contribution in [1.29, 1.82) is 0 Å². The van der Waals surface area contributed by atoms with Crippen LogP contribution in [0.2, 0.25) is 0 Å². The van der Waals surface area contributed by atoms with Gasteiger partial charge in [-0.25, -0.2) is 0 Å². The van der Waals surface area contributed by atoms with Crippen molar-refractivity contribution in [2.45, 2.75) is 25.1 Å². The molecule has 0 radical (unpaired) electrons. The Morgan fingerprint density at radius 3 is 2.67 bits per heavy atom. The zero-order chi connectivity index (χ0) is 6.85. The summed E-state index contributed by atoms with van der Waals surface area (Å²) in [5, 5.41) is 2.73. The summed E-state index contributed by atoms with van der Waals surface area (Å²) < 4.78 is 0. The lowest BCUT2D eigenvalue weighted by molar-refractivity contribution is -0.122. The van der Waals surface area contributed by atoms with E-state index in [-0.39, 0.29) is 11.3 Å². The second-order valence-corrected chi connectivity index (χ2v) is 3.23. The Balaban J connectivity index is 2.18. The second-order valence-electron chi connectivity index (χ2n) is 2.46. The van der Waals surface area contributed by atoms with E-state index in [4.69, 9.17) is 0 Å². The normalized spacial score (nSPS) is 21.1. The third-order valence-corrected chi connectivity index (χ3v) is 1.43.